The van der Waals surface area contributed by atoms with Crippen LogP contribution in [0, 0.1) is 5.92 Å². The Morgan fingerprint density at radius 2 is 2.04 bits per heavy atom. The first kappa shape index (κ1) is 20.9. The minimum absolute atomic E-state index is 0.115. The second-order valence-electron chi connectivity index (χ2n) is 8.13. The SMILES string of the molecule is CC[C@H]1C(=O)N(CCOC)CC2N(C(=O)OCC(C)C)OC3(CCC3)C(=O)N21. The van der Waals surface area contributed by atoms with Crippen molar-refractivity contribution < 1.29 is 28.7 Å². The molecule has 3 aliphatic rings. The van der Waals surface area contributed by atoms with Gasteiger partial charge in [-0.2, -0.15) is 5.06 Å². The van der Waals surface area contributed by atoms with Crippen LogP contribution in [0.2, 0.25) is 0 Å². The molecule has 1 saturated carbocycles. The lowest BCUT2D eigenvalue weighted by molar-refractivity contribution is -0.314. The molecule has 2 saturated heterocycles. The van der Waals surface area contributed by atoms with E-state index in [2.05, 4.69) is 0 Å². The Bertz CT molecular complexity index is 621. The predicted octanol–water partition coefficient (Wildman–Crippen LogP) is 1.37. The Labute approximate surface area is 165 Å². The lowest BCUT2D eigenvalue weighted by atomic mass is 9.77. The minimum Gasteiger partial charge on any atom is -0.448 e. The topological polar surface area (TPSA) is 88.6 Å². The molecule has 3 rings (SSSR count). The van der Waals surface area contributed by atoms with E-state index < -0.39 is 23.9 Å². The molecule has 9 heteroatoms. The summed E-state index contributed by atoms with van der Waals surface area (Å²) in [5, 5.41) is 1.19. The van der Waals surface area contributed by atoms with Gasteiger partial charge in [0.15, 0.2) is 11.8 Å². The number of hydrogen-bond acceptors (Lipinski definition) is 6. The zero-order valence-electron chi connectivity index (χ0n) is 17.2. The molecule has 2 heterocycles. The number of hydrogen-bond donors (Lipinski definition) is 0. The smallest absolute Gasteiger partial charge is 0.436 e. The van der Waals surface area contributed by atoms with E-state index >= 15 is 0 Å². The van der Waals surface area contributed by atoms with Crippen LogP contribution in [0.5, 0.6) is 0 Å². The molecule has 1 aliphatic carbocycles. The summed E-state index contributed by atoms with van der Waals surface area (Å²) >= 11 is 0. The highest BCUT2D eigenvalue weighted by Gasteiger charge is 2.61. The second-order valence-corrected chi connectivity index (χ2v) is 8.13. The Morgan fingerprint density at radius 1 is 1.32 bits per heavy atom. The van der Waals surface area contributed by atoms with Gasteiger partial charge < -0.3 is 19.3 Å². The maximum atomic E-state index is 13.3. The van der Waals surface area contributed by atoms with Crippen molar-refractivity contribution in [2.24, 2.45) is 5.92 Å². The normalized spacial score (nSPS) is 26.5. The van der Waals surface area contributed by atoms with Gasteiger partial charge in [-0.1, -0.05) is 20.8 Å². The summed E-state index contributed by atoms with van der Waals surface area (Å²) in [5.74, 6) is -0.127. The van der Waals surface area contributed by atoms with Crippen LogP contribution in [0.25, 0.3) is 0 Å². The van der Waals surface area contributed by atoms with Gasteiger partial charge in [0, 0.05) is 13.7 Å². The van der Waals surface area contributed by atoms with Gasteiger partial charge in [-0.3, -0.25) is 9.59 Å². The summed E-state index contributed by atoms with van der Waals surface area (Å²) in [4.78, 5) is 48.2. The average molecular weight is 397 g/mol. The first-order valence-electron chi connectivity index (χ1n) is 10.1. The summed E-state index contributed by atoms with van der Waals surface area (Å²) in [5.41, 5.74) is -1.05. The number of carbonyl (C=O) groups excluding carboxylic acids is 3. The van der Waals surface area contributed by atoms with Crippen molar-refractivity contribution in [3.8, 4) is 0 Å². The van der Waals surface area contributed by atoms with E-state index in [-0.39, 0.29) is 30.9 Å². The van der Waals surface area contributed by atoms with Crippen LogP contribution >= 0.6 is 0 Å². The lowest BCUT2D eigenvalue weighted by Crippen LogP contribution is -2.77. The van der Waals surface area contributed by atoms with Crippen molar-refractivity contribution in [3.05, 3.63) is 0 Å². The molecule has 0 radical (unpaired) electrons. The Balaban J connectivity index is 1.90. The van der Waals surface area contributed by atoms with Crippen molar-refractivity contribution >= 4 is 17.9 Å². The molecule has 3 fully saturated rings. The summed E-state index contributed by atoms with van der Waals surface area (Å²) in [7, 11) is 1.57. The van der Waals surface area contributed by atoms with Crippen LogP contribution in [0.3, 0.4) is 0 Å². The first-order valence-corrected chi connectivity index (χ1v) is 10.1. The zero-order chi connectivity index (χ0) is 20.5. The number of nitrogens with zero attached hydrogens (tertiary/aromatic N) is 3. The standard InChI is InChI=1S/C19H31N3O6/c1-5-14-16(23)20(9-10-26-4)11-15-21(14)17(24)19(7-6-8-19)28-22(15)18(25)27-12-13(2)3/h13-15H,5-12H2,1-4H3/t14-,15?/m0/s1. The van der Waals surface area contributed by atoms with Crippen molar-refractivity contribution in [2.45, 2.75) is 64.3 Å². The Kier molecular flexibility index (Phi) is 6.14. The van der Waals surface area contributed by atoms with Gasteiger partial charge in [0.2, 0.25) is 5.91 Å². The van der Waals surface area contributed by atoms with Crippen LogP contribution in [0.15, 0.2) is 0 Å². The molecule has 0 aromatic heterocycles. The van der Waals surface area contributed by atoms with Crippen LogP contribution in [0.1, 0.15) is 46.5 Å². The molecule has 1 spiro atoms. The number of hydroxylamine groups is 2. The molecule has 0 bridgehead atoms. The highest BCUT2D eigenvalue weighted by Crippen LogP contribution is 2.44. The van der Waals surface area contributed by atoms with E-state index in [1.54, 1.807) is 16.9 Å². The zero-order valence-corrected chi connectivity index (χ0v) is 17.2. The molecule has 1 unspecified atom stereocenters. The monoisotopic (exact) mass is 397 g/mol. The van der Waals surface area contributed by atoms with Gasteiger partial charge in [-0.05, 0) is 31.6 Å². The summed E-state index contributed by atoms with van der Waals surface area (Å²) in [6.45, 7) is 6.99. The number of amides is 3. The molecular formula is C19H31N3O6. The minimum atomic E-state index is -1.05. The van der Waals surface area contributed by atoms with Gasteiger partial charge in [0.1, 0.15) is 6.04 Å². The van der Waals surface area contributed by atoms with Crippen molar-refractivity contribution in [1.82, 2.24) is 14.9 Å². The van der Waals surface area contributed by atoms with Gasteiger partial charge in [0.25, 0.3) is 5.91 Å². The average Bonchev–Trinajstić information content (AvgIpc) is 2.63. The first-order chi connectivity index (χ1) is 13.3. The van der Waals surface area contributed by atoms with E-state index in [0.717, 1.165) is 6.42 Å². The van der Waals surface area contributed by atoms with Gasteiger partial charge in [0.05, 0.1) is 19.8 Å². The molecule has 3 amide bonds. The molecule has 2 atom stereocenters. The van der Waals surface area contributed by atoms with Crippen LogP contribution in [0.4, 0.5) is 4.79 Å². The summed E-state index contributed by atoms with van der Waals surface area (Å²) in [6, 6.07) is -0.620. The largest absolute Gasteiger partial charge is 0.448 e. The maximum absolute atomic E-state index is 13.3. The Morgan fingerprint density at radius 3 is 2.57 bits per heavy atom. The molecule has 0 aromatic rings. The predicted molar refractivity (Wildman–Crippen MR) is 98.9 cm³/mol. The number of carbonyl (C=O) groups is 3. The van der Waals surface area contributed by atoms with E-state index in [9.17, 15) is 14.4 Å². The molecular weight excluding hydrogens is 366 g/mol. The molecule has 28 heavy (non-hydrogen) atoms. The van der Waals surface area contributed by atoms with Crippen molar-refractivity contribution in [1.29, 1.82) is 0 Å². The van der Waals surface area contributed by atoms with Gasteiger partial charge >= 0.3 is 6.09 Å². The third-order valence-corrected chi connectivity index (χ3v) is 5.64. The van der Waals surface area contributed by atoms with E-state index in [0.29, 0.717) is 32.4 Å². The van der Waals surface area contributed by atoms with E-state index in [1.165, 1.54) is 5.06 Å². The van der Waals surface area contributed by atoms with Crippen LogP contribution in [-0.4, -0.2) is 84.0 Å². The molecule has 158 valence electrons. The summed E-state index contributed by atoms with van der Waals surface area (Å²) < 4.78 is 10.5. The molecule has 0 aromatic carbocycles. The number of fused-ring (bicyclic) bond motifs is 1. The fourth-order valence-corrected chi connectivity index (χ4v) is 3.94. The molecule has 2 aliphatic heterocycles. The highest BCUT2D eigenvalue weighted by molar-refractivity contribution is 5.94. The number of ether oxygens (including phenoxy) is 2. The Hall–Kier alpha value is -1.87. The fraction of sp³-hybridized carbons (Fsp3) is 0.842. The van der Waals surface area contributed by atoms with Gasteiger partial charge in [-0.15, -0.1) is 0 Å². The van der Waals surface area contributed by atoms with E-state index in [1.807, 2.05) is 20.8 Å². The third-order valence-electron chi connectivity index (χ3n) is 5.64. The molecule has 0 N–H and O–H groups in total. The third kappa shape index (κ3) is 3.57. The molecule has 9 nitrogen and oxygen atoms in total. The van der Waals surface area contributed by atoms with Crippen molar-refractivity contribution in [2.75, 3.05) is 33.4 Å². The number of methoxy groups -OCH3 is 1. The van der Waals surface area contributed by atoms with Crippen LogP contribution in [-0.2, 0) is 23.9 Å². The van der Waals surface area contributed by atoms with Crippen molar-refractivity contribution in [3.63, 3.8) is 0 Å². The highest BCUT2D eigenvalue weighted by atomic mass is 16.8. The van der Waals surface area contributed by atoms with E-state index in [4.69, 9.17) is 14.3 Å². The lowest BCUT2D eigenvalue weighted by Gasteiger charge is -2.57. The number of rotatable bonds is 6. The second kappa shape index (κ2) is 8.24. The fourth-order valence-electron chi connectivity index (χ4n) is 3.94. The number of piperazine rings is 1. The quantitative estimate of drug-likeness (QED) is 0.673. The summed E-state index contributed by atoms with van der Waals surface area (Å²) in [6.07, 6.45) is 1.10. The van der Waals surface area contributed by atoms with Crippen LogP contribution < -0.4 is 0 Å². The maximum Gasteiger partial charge on any atom is 0.436 e. The van der Waals surface area contributed by atoms with Gasteiger partial charge in [-0.25, -0.2) is 9.63 Å².